The van der Waals surface area contributed by atoms with E-state index in [1.54, 1.807) is 0 Å². The van der Waals surface area contributed by atoms with E-state index < -0.39 is 23.4 Å². The molecule has 2 aromatic rings. The number of nitrogens with one attached hydrogen (secondary N) is 1. The molecule has 0 saturated carbocycles. The van der Waals surface area contributed by atoms with Crippen molar-refractivity contribution in [2.75, 3.05) is 13.2 Å². The minimum atomic E-state index is -4.90. The van der Waals surface area contributed by atoms with Crippen molar-refractivity contribution in [3.8, 4) is 5.69 Å². The normalized spacial score (nSPS) is 17.8. The van der Waals surface area contributed by atoms with Crippen molar-refractivity contribution in [1.82, 2.24) is 15.1 Å². The van der Waals surface area contributed by atoms with E-state index in [1.807, 2.05) is 0 Å². The molecule has 1 aliphatic heterocycles. The van der Waals surface area contributed by atoms with Crippen LogP contribution in [-0.4, -0.2) is 46.0 Å². The number of hydrogen-bond acceptors (Lipinski definition) is 4. The van der Waals surface area contributed by atoms with Crippen LogP contribution in [0.1, 0.15) is 45.7 Å². The monoisotopic (exact) mass is 397 g/mol. The fourth-order valence-electron chi connectivity index (χ4n) is 3.04. The van der Waals surface area contributed by atoms with E-state index in [0.29, 0.717) is 30.5 Å². The molecule has 1 aromatic heterocycles. The number of nitrogens with zero attached hydrogens (tertiary/aromatic N) is 2. The van der Waals surface area contributed by atoms with E-state index in [1.165, 1.54) is 24.3 Å². The average molecular weight is 397 g/mol. The van der Waals surface area contributed by atoms with E-state index in [9.17, 15) is 22.8 Å². The smallest absolute Gasteiger partial charge is 0.434 e. The maximum Gasteiger partial charge on any atom is 0.434 e. The second-order valence-corrected chi connectivity index (χ2v) is 6.38. The molecule has 1 aliphatic rings. The highest BCUT2D eigenvalue weighted by Gasteiger charge is 2.40. The molecule has 7 nitrogen and oxygen atoms in total. The second kappa shape index (κ2) is 8.01. The molecule has 1 atom stereocenters. The quantitative estimate of drug-likeness (QED) is 0.828. The Hall–Kier alpha value is -2.88. The lowest BCUT2D eigenvalue weighted by atomic mass is 10.1. The van der Waals surface area contributed by atoms with Crippen molar-refractivity contribution in [3.63, 3.8) is 0 Å². The van der Waals surface area contributed by atoms with Gasteiger partial charge >= 0.3 is 12.1 Å². The van der Waals surface area contributed by atoms with Gasteiger partial charge in [0.1, 0.15) is 5.56 Å². The van der Waals surface area contributed by atoms with Crippen molar-refractivity contribution >= 4 is 11.9 Å². The number of halogens is 3. The van der Waals surface area contributed by atoms with Gasteiger partial charge in [-0.15, -0.1) is 0 Å². The van der Waals surface area contributed by atoms with Gasteiger partial charge in [0.15, 0.2) is 5.69 Å². The van der Waals surface area contributed by atoms with Crippen LogP contribution in [0.15, 0.2) is 30.5 Å². The first kappa shape index (κ1) is 19.9. The topological polar surface area (TPSA) is 93.5 Å². The van der Waals surface area contributed by atoms with E-state index >= 15 is 0 Å². The summed E-state index contributed by atoms with van der Waals surface area (Å²) in [4.78, 5) is 23.4. The molecule has 0 aliphatic carbocycles. The first-order valence-electron chi connectivity index (χ1n) is 8.65. The summed E-state index contributed by atoms with van der Waals surface area (Å²) in [7, 11) is 0. The second-order valence-electron chi connectivity index (χ2n) is 6.38. The highest BCUT2D eigenvalue weighted by molar-refractivity contribution is 5.94. The number of rotatable bonds is 4. The third-order valence-corrected chi connectivity index (χ3v) is 4.43. The van der Waals surface area contributed by atoms with Crippen molar-refractivity contribution in [1.29, 1.82) is 0 Å². The van der Waals surface area contributed by atoms with Crippen LogP contribution < -0.4 is 5.32 Å². The molecule has 1 aromatic carbocycles. The molecule has 0 spiro atoms. The van der Waals surface area contributed by atoms with Crippen molar-refractivity contribution in [3.05, 3.63) is 47.3 Å². The van der Waals surface area contributed by atoms with Gasteiger partial charge in [-0.3, -0.25) is 4.79 Å². The summed E-state index contributed by atoms with van der Waals surface area (Å²) in [5.41, 5.74) is -2.03. The molecule has 28 heavy (non-hydrogen) atoms. The number of carbonyl (C=O) groups is 2. The number of ether oxygens (including phenoxy) is 1. The Balaban J connectivity index is 1.81. The number of carboxylic acid groups (broad SMARTS) is 1. The Kier molecular flexibility index (Phi) is 5.68. The van der Waals surface area contributed by atoms with Gasteiger partial charge in [-0.05, 0) is 43.5 Å². The van der Waals surface area contributed by atoms with Crippen molar-refractivity contribution < 1.29 is 32.6 Å². The Morgan fingerprint density at radius 2 is 1.89 bits per heavy atom. The third-order valence-electron chi connectivity index (χ3n) is 4.43. The maximum atomic E-state index is 13.3. The van der Waals surface area contributed by atoms with Gasteiger partial charge in [-0.1, -0.05) is 0 Å². The fourth-order valence-corrected chi connectivity index (χ4v) is 3.04. The predicted molar refractivity (Wildman–Crippen MR) is 91.4 cm³/mol. The van der Waals surface area contributed by atoms with Crippen LogP contribution >= 0.6 is 0 Å². The summed E-state index contributed by atoms with van der Waals surface area (Å²) in [6.07, 6.45) is -1.91. The summed E-state index contributed by atoms with van der Waals surface area (Å²) in [5.74, 6) is -2.05. The van der Waals surface area contributed by atoms with Crippen LogP contribution in [0.25, 0.3) is 5.69 Å². The van der Waals surface area contributed by atoms with Gasteiger partial charge in [0, 0.05) is 24.8 Å². The van der Waals surface area contributed by atoms with Crippen LogP contribution in [0.4, 0.5) is 13.2 Å². The zero-order valence-corrected chi connectivity index (χ0v) is 14.7. The Labute approximate surface area is 158 Å². The average Bonchev–Trinajstić information content (AvgIpc) is 2.96. The fraction of sp³-hybridized carbons (Fsp3) is 0.389. The molecule has 150 valence electrons. The zero-order chi connectivity index (χ0) is 20.3. The number of carbonyl (C=O) groups excluding carboxylic acids is 1. The summed E-state index contributed by atoms with van der Waals surface area (Å²) >= 11 is 0. The zero-order valence-electron chi connectivity index (χ0n) is 14.7. The van der Waals surface area contributed by atoms with Gasteiger partial charge in [0.25, 0.3) is 5.91 Å². The predicted octanol–water partition coefficient (Wildman–Crippen LogP) is 2.89. The molecular weight excluding hydrogens is 379 g/mol. The number of aromatic carboxylic acids is 1. The van der Waals surface area contributed by atoms with Crippen molar-refractivity contribution in [2.45, 2.75) is 31.5 Å². The van der Waals surface area contributed by atoms with E-state index in [4.69, 9.17) is 9.84 Å². The maximum absolute atomic E-state index is 13.3. The molecule has 1 unspecified atom stereocenters. The molecule has 0 bridgehead atoms. The van der Waals surface area contributed by atoms with Gasteiger partial charge < -0.3 is 15.2 Å². The number of alkyl halides is 3. The number of carboxylic acids is 1. The van der Waals surface area contributed by atoms with E-state index in [0.717, 1.165) is 12.8 Å². The minimum absolute atomic E-state index is 0.000702. The summed E-state index contributed by atoms with van der Waals surface area (Å²) in [6, 6.07) is 5.31. The lowest BCUT2D eigenvalue weighted by molar-refractivity contribution is -0.143. The highest BCUT2D eigenvalue weighted by Crippen LogP contribution is 2.33. The van der Waals surface area contributed by atoms with Crippen LogP contribution in [-0.2, 0) is 10.9 Å². The van der Waals surface area contributed by atoms with Gasteiger partial charge in [0.2, 0.25) is 0 Å². The molecule has 0 radical (unpaired) electrons. The van der Waals surface area contributed by atoms with Gasteiger partial charge in [-0.25, -0.2) is 9.48 Å². The van der Waals surface area contributed by atoms with Gasteiger partial charge in [0.05, 0.1) is 11.9 Å². The lowest BCUT2D eigenvalue weighted by Gasteiger charge is -2.16. The van der Waals surface area contributed by atoms with E-state index in [-0.39, 0.29) is 23.2 Å². The molecule has 10 heteroatoms. The van der Waals surface area contributed by atoms with Crippen molar-refractivity contribution in [2.24, 2.45) is 0 Å². The first-order valence-corrected chi connectivity index (χ1v) is 8.65. The third kappa shape index (κ3) is 4.33. The standard InChI is InChI=1S/C18H18F3N3O4/c19-18(20,21)15-14(17(26)27)10-22-24(15)13-5-3-11(4-6-13)16(25)23-12-2-1-8-28-9-7-12/h3-6,10,12H,1-2,7-9H2,(H,23,25)(H,26,27). The number of amides is 1. The van der Waals surface area contributed by atoms with Crippen LogP contribution in [0.2, 0.25) is 0 Å². The van der Waals surface area contributed by atoms with Gasteiger partial charge in [-0.2, -0.15) is 18.3 Å². The molecule has 1 fully saturated rings. The molecule has 2 N–H and O–H groups in total. The Bertz CT molecular complexity index is 854. The van der Waals surface area contributed by atoms with Crippen LogP contribution in [0, 0.1) is 0 Å². The molecule has 3 rings (SSSR count). The molecule has 1 saturated heterocycles. The van der Waals surface area contributed by atoms with E-state index in [2.05, 4.69) is 10.4 Å². The molecule has 2 heterocycles. The highest BCUT2D eigenvalue weighted by atomic mass is 19.4. The van der Waals surface area contributed by atoms with Crippen LogP contribution in [0.3, 0.4) is 0 Å². The number of benzene rings is 1. The SMILES string of the molecule is O=C(NC1CCCOCC1)c1ccc(-n2ncc(C(=O)O)c2C(F)(F)F)cc1. The number of aromatic nitrogens is 2. The summed E-state index contributed by atoms with van der Waals surface area (Å²) < 4.78 is 45.7. The minimum Gasteiger partial charge on any atom is -0.478 e. The Morgan fingerprint density at radius 1 is 1.18 bits per heavy atom. The lowest BCUT2D eigenvalue weighted by Crippen LogP contribution is -2.35. The van der Waals surface area contributed by atoms with Crippen LogP contribution in [0.5, 0.6) is 0 Å². The Morgan fingerprint density at radius 3 is 2.54 bits per heavy atom. The summed E-state index contributed by atoms with van der Waals surface area (Å²) in [6.45, 7) is 1.22. The number of hydrogen-bond donors (Lipinski definition) is 2. The summed E-state index contributed by atoms with van der Waals surface area (Å²) in [5, 5.41) is 15.4. The first-order chi connectivity index (χ1) is 13.3. The molecule has 1 amide bonds. The molecular formula is C18H18F3N3O4. The largest absolute Gasteiger partial charge is 0.478 e.